The van der Waals surface area contributed by atoms with Crippen molar-refractivity contribution >= 4 is 46.9 Å². The van der Waals surface area contributed by atoms with Crippen LogP contribution in [-0.2, 0) is 24.4 Å². The van der Waals surface area contributed by atoms with Crippen LogP contribution in [0, 0.1) is 5.82 Å². The van der Waals surface area contributed by atoms with Gasteiger partial charge in [0.1, 0.15) is 11.5 Å². The fourth-order valence-corrected chi connectivity index (χ4v) is 5.35. The largest absolute Gasteiger partial charge is 0.489 e. The van der Waals surface area contributed by atoms with Crippen LogP contribution in [0.3, 0.4) is 0 Å². The van der Waals surface area contributed by atoms with Gasteiger partial charge < -0.3 is 15.8 Å². The van der Waals surface area contributed by atoms with Gasteiger partial charge in [-0.25, -0.2) is 13.1 Å². The molecule has 1 unspecified atom stereocenters. The lowest BCUT2D eigenvalue weighted by Crippen LogP contribution is -2.31. The molecule has 2 aromatic heterocycles. The van der Waals surface area contributed by atoms with Gasteiger partial charge in [-0.05, 0) is 71.8 Å². The van der Waals surface area contributed by atoms with Gasteiger partial charge in [-0.2, -0.15) is 9.40 Å². The smallest absolute Gasteiger partial charge is 0.423 e. The Hall–Kier alpha value is -3.13. The number of pyridine rings is 1. The molecule has 5 N–H and O–H groups in total. The maximum atomic E-state index is 13.5. The zero-order chi connectivity index (χ0) is 27.1. The van der Waals surface area contributed by atoms with Gasteiger partial charge >= 0.3 is 7.12 Å². The number of nitrogens with zero attached hydrogens (tertiary/aromatic N) is 3. The Kier molecular flexibility index (Phi) is 7.36. The molecule has 4 aromatic rings. The number of fused-ring (bicyclic) bond motifs is 1. The van der Waals surface area contributed by atoms with E-state index in [0.29, 0.717) is 22.3 Å². The maximum absolute atomic E-state index is 13.5. The minimum Gasteiger partial charge on any atom is -0.423 e. The first kappa shape index (κ1) is 26.5. The van der Waals surface area contributed by atoms with Crippen molar-refractivity contribution in [2.24, 2.45) is 5.73 Å². The van der Waals surface area contributed by atoms with E-state index < -0.39 is 30.1 Å². The van der Waals surface area contributed by atoms with Crippen LogP contribution in [0.2, 0.25) is 5.02 Å². The first-order valence-corrected chi connectivity index (χ1v) is 13.2. The molecule has 13 heteroatoms. The summed E-state index contributed by atoms with van der Waals surface area (Å²) >= 11 is 3.80. The normalized spacial score (nSPS) is 14.3. The van der Waals surface area contributed by atoms with E-state index in [4.69, 9.17) is 17.3 Å². The number of rotatable bonds is 9. The van der Waals surface area contributed by atoms with Crippen LogP contribution in [0.1, 0.15) is 45.8 Å². The Labute approximate surface area is 225 Å². The van der Waals surface area contributed by atoms with E-state index in [0.717, 1.165) is 24.0 Å². The lowest BCUT2D eigenvalue weighted by atomic mass is 9.80. The third kappa shape index (κ3) is 5.37. The van der Waals surface area contributed by atoms with Gasteiger partial charge in [-0.3, -0.25) is 9.35 Å². The summed E-state index contributed by atoms with van der Waals surface area (Å²) < 4.78 is 38.7. The number of hydrogen-bond acceptors (Lipinski definition) is 5. The summed E-state index contributed by atoms with van der Waals surface area (Å²) in [5.41, 5.74) is 9.72. The highest BCUT2D eigenvalue weighted by atomic mass is 35.5. The minimum absolute atomic E-state index is 0.0548. The molecule has 0 bridgehead atoms. The summed E-state index contributed by atoms with van der Waals surface area (Å²) in [5.74, 6) is -0.856. The number of carbonyl (C=O) groups excluding carboxylic acids is 1. The molecule has 1 amide bonds. The van der Waals surface area contributed by atoms with Crippen LogP contribution in [0.5, 0.6) is 0 Å². The molecular weight excluding hydrogens is 534 g/mol. The molecule has 0 aliphatic heterocycles. The van der Waals surface area contributed by atoms with Crippen molar-refractivity contribution in [2.45, 2.75) is 31.8 Å². The van der Waals surface area contributed by atoms with Crippen LogP contribution in [0.25, 0.3) is 16.8 Å². The van der Waals surface area contributed by atoms with Gasteiger partial charge in [0, 0.05) is 35.3 Å². The van der Waals surface area contributed by atoms with Crippen LogP contribution >= 0.6 is 11.6 Å². The molecule has 38 heavy (non-hydrogen) atoms. The Morgan fingerprint density at radius 1 is 1.18 bits per heavy atom. The second-order valence-electron chi connectivity index (χ2n) is 9.21. The monoisotopic (exact) mass is 556 g/mol. The molecule has 0 radical (unpaired) electrons. The van der Waals surface area contributed by atoms with E-state index in [-0.39, 0.29) is 35.1 Å². The first-order chi connectivity index (χ1) is 18.1. The zero-order valence-corrected chi connectivity index (χ0v) is 21.5. The fraction of sp³-hybridized carbons (Fsp3) is 0.200. The van der Waals surface area contributed by atoms with Crippen molar-refractivity contribution in [3.05, 3.63) is 87.8 Å². The maximum Gasteiger partial charge on any atom is 0.489 e. The molecule has 196 valence electrons. The number of primary amides is 1. The van der Waals surface area contributed by atoms with E-state index in [9.17, 15) is 28.0 Å². The minimum atomic E-state index is -2.35. The van der Waals surface area contributed by atoms with E-state index in [2.05, 4.69) is 5.10 Å². The highest BCUT2D eigenvalue weighted by Gasteiger charge is 2.30. The van der Waals surface area contributed by atoms with Crippen molar-refractivity contribution in [1.82, 2.24) is 13.9 Å². The predicted octanol–water partition coefficient (Wildman–Crippen LogP) is 2.59. The standard InChI is InChI=1S/C25H23BClFN4O5S/c27-21-9-14(1-8-20(21)26(34)35)11-31(38(36)37)12-17-13-32-22(10-19(17)15-2-3-15)23(25(29)33)24(30-32)16-4-6-18(28)7-5-16/h1,4-10,13,15,34-35H,2-3,11-12H2,(H2,29,33)(H,36,37). The lowest BCUT2D eigenvalue weighted by Gasteiger charge is -2.20. The zero-order valence-electron chi connectivity index (χ0n) is 19.9. The fourth-order valence-electron chi connectivity index (χ4n) is 4.54. The van der Waals surface area contributed by atoms with Gasteiger partial charge in [-0.15, -0.1) is 0 Å². The molecule has 0 spiro atoms. The van der Waals surface area contributed by atoms with Gasteiger partial charge in [0.2, 0.25) is 11.3 Å². The summed E-state index contributed by atoms with van der Waals surface area (Å²) in [6, 6.07) is 12.0. The molecule has 1 atom stereocenters. The number of aromatic nitrogens is 2. The quantitative estimate of drug-likeness (QED) is 0.184. The molecule has 1 fully saturated rings. The molecule has 0 saturated heterocycles. The lowest BCUT2D eigenvalue weighted by molar-refractivity contribution is 0.100. The van der Waals surface area contributed by atoms with Crippen LogP contribution < -0.4 is 11.2 Å². The SMILES string of the molecule is NC(=O)c1c(-c2ccc(F)cc2)nn2cc(CN(Cc3ccc(B(O)O)c(Cl)c3)S(=O)O)c(C3CC3)cc12. The van der Waals surface area contributed by atoms with E-state index in [1.165, 1.54) is 45.2 Å². The van der Waals surface area contributed by atoms with E-state index >= 15 is 0 Å². The molecule has 2 aromatic carbocycles. The number of carbonyl (C=O) groups is 1. The molecule has 5 rings (SSSR count). The topological polar surface area (TPSA) is 141 Å². The Balaban J connectivity index is 1.54. The number of amides is 1. The average molecular weight is 557 g/mol. The first-order valence-electron chi connectivity index (χ1n) is 11.7. The van der Waals surface area contributed by atoms with Gasteiger partial charge in [0.25, 0.3) is 5.91 Å². The Bertz CT molecular complexity index is 1560. The van der Waals surface area contributed by atoms with Crippen molar-refractivity contribution in [1.29, 1.82) is 0 Å². The summed E-state index contributed by atoms with van der Waals surface area (Å²) in [4.78, 5) is 12.5. The van der Waals surface area contributed by atoms with Gasteiger partial charge in [0.15, 0.2) is 0 Å². The summed E-state index contributed by atoms with van der Waals surface area (Å²) in [6.07, 6.45) is 3.61. The number of hydrogen-bond donors (Lipinski definition) is 4. The third-order valence-corrected chi connectivity index (χ3v) is 7.57. The second-order valence-corrected chi connectivity index (χ2v) is 10.6. The Morgan fingerprint density at radius 3 is 2.47 bits per heavy atom. The molecule has 2 heterocycles. The summed E-state index contributed by atoms with van der Waals surface area (Å²) in [5, 5.41) is 23.5. The second kappa shape index (κ2) is 10.6. The van der Waals surface area contributed by atoms with Gasteiger partial charge in [0.05, 0.1) is 11.1 Å². The third-order valence-electron chi connectivity index (χ3n) is 6.54. The molecule has 1 aliphatic carbocycles. The highest BCUT2D eigenvalue weighted by Crippen LogP contribution is 2.43. The van der Waals surface area contributed by atoms with Crippen molar-refractivity contribution in [3.8, 4) is 11.3 Å². The summed E-state index contributed by atoms with van der Waals surface area (Å²) in [7, 11) is -1.73. The van der Waals surface area contributed by atoms with Gasteiger partial charge in [-0.1, -0.05) is 23.7 Å². The number of halogens is 2. The van der Waals surface area contributed by atoms with Crippen LogP contribution in [0.15, 0.2) is 54.7 Å². The number of benzene rings is 2. The molecule has 1 aliphatic rings. The Morgan fingerprint density at radius 2 is 1.89 bits per heavy atom. The van der Waals surface area contributed by atoms with Crippen LogP contribution in [0.4, 0.5) is 4.39 Å². The van der Waals surface area contributed by atoms with Crippen molar-refractivity contribution < 1.29 is 28.0 Å². The van der Waals surface area contributed by atoms with Crippen molar-refractivity contribution in [3.63, 3.8) is 0 Å². The summed E-state index contributed by atoms with van der Waals surface area (Å²) in [6.45, 7) is 0.143. The average Bonchev–Trinajstić information content (AvgIpc) is 3.63. The predicted molar refractivity (Wildman–Crippen MR) is 142 cm³/mol. The molecular formula is C25H23BClFN4O5S. The number of nitrogens with two attached hydrogens (primary N) is 1. The van der Waals surface area contributed by atoms with Crippen LogP contribution in [-0.4, -0.2) is 45.8 Å². The van der Waals surface area contributed by atoms with E-state index in [1.807, 2.05) is 6.07 Å². The van der Waals surface area contributed by atoms with Crippen molar-refractivity contribution in [2.75, 3.05) is 0 Å². The molecule has 9 nitrogen and oxygen atoms in total. The highest BCUT2D eigenvalue weighted by molar-refractivity contribution is 7.76. The molecule has 1 saturated carbocycles. The van der Waals surface area contributed by atoms with E-state index in [1.54, 1.807) is 12.3 Å².